The molecule has 2 rings (SSSR count). The smallest absolute Gasteiger partial charge is 0.244 e. The summed E-state index contributed by atoms with van der Waals surface area (Å²) in [6.45, 7) is 2.79. The number of amides is 1. The van der Waals surface area contributed by atoms with E-state index in [9.17, 15) is 4.79 Å². The standard InChI is InChI=1S/C18H19ClN2O3/c1-3-24-16-10-13(9-15(19)18(16)23-2)6-7-17(22)21-12-14-5-4-8-20-11-14/h4-11H,3,12H2,1-2H3,(H,21,22)/b7-6+. The predicted molar refractivity (Wildman–Crippen MR) is 94.3 cm³/mol. The third-order valence-electron chi connectivity index (χ3n) is 3.15. The fraction of sp³-hybridized carbons (Fsp3) is 0.222. The number of aromatic nitrogens is 1. The molecule has 1 aromatic carbocycles. The third kappa shape index (κ3) is 4.99. The number of carbonyl (C=O) groups excluding carboxylic acids is 1. The quantitative estimate of drug-likeness (QED) is 0.780. The lowest BCUT2D eigenvalue weighted by Gasteiger charge is -2.11. The van der Waals surface area contributed by atoms with E-state index in [0.29, 0.717) is 29.7 Å². The molecule has 126 valence electrons. The van der Waals surface area contributed by atoms with Gasteiger partial charge in [0, 0.05) is 25.0 Å². The Labute approximate surface area is 146 Å². The number of nitrogens with one attached hydrogen (secondary N) is 1. The minimum atomic E-state index is -0.205. The first kappa shape index (κ1) is 17.8. The van der Waals surface area contributed by atoms with E-state index in [0.717, 1.165) is 11.1 Å². The van der Waals surface area contributed by atoms with Crippen molar-refractivity contribution in [2.45, 2.75) is 13.5 Å². The van der Waals surface area contributed by atoms with Crippen LogP contribution in [-0.2, 0) is 11.3 Å². The number of benzene rings is 1. The van der Waals surface area contributed by atoms with Gasteiger partial charge in [-0.25, -0.2) is 0 Å². The predicted octanol–water partition coefficient (Wildman–Crippen LogP) is 3.47. The second-order valence-electron chi connectivity index (χ2n) is 4.88. The molecule has 0 atom stereocenters. The maximum Gasteiger partial charge on any atom is 0.244 e. The molecule has 0 unspecified atom stereocenters. The Morgan fingerprint density at radius 1 is 1.42 bits per heavy atom. The Hall–Kier alpha value is -2.53. The fourth-order valence-corrected chi connectivity index (χ4v) is 2.36. The van der Waals surface area contributed by atoms with E-state index < -0.39 is 0 Å². The van der Waals surface area contributed by atoms with Gasteiger partial charge in [0.2, 0.25) is 5.91 Å². The van der Waals surface area contributed by atoms with Crippen LogP contribution in [0.5, 0.6) is 11.5 Å². The second-order valence-corrected chi connectivity index (χ2v) is 5.29. The molecule has 1 heterocycles. The number of nitrogens with zero attached hydrogens (tertiary/aromatic N) is 1. The molecule has 1 aromatic heterocycles. The van der Waals surface area contributed by atoms with Gasteiger partial charge in [0.1, 0.15) is 0 Å². The number of hydrogen-bond acceptors (Lipinski definition) is 4. The Balaban J connectivity index is 2.03. The van der Waals surface area contributed by atoms with E-state index in [2.05, 4.69) is 10.3 Å². The number of halogens is 1. The molecule has 0 saturated heterocycles. The summed E-state index contributed by atoms with van der Waals surface area (Å²) in [4.78, 5) is 15.9. The Kier molecular flexibility index (Phi) is 6.63. The monoisotopic (exact) mass is 346 g/mol. The lowest BCUT2D eigenvalue weighted by Crippen LogP contribution is -2.20. The summed E-state index contributed by atoms with van der Waals surface area (Å²) in [5, 5.41) is 3.22. The first-order chi connectivity index (χ1) is 11.6. The summed E-state index contributed by atoms with van der Waals surface area (Å²) < 4.78 is 10.7. The van der Waals surface area contributed by atoms with Crippen LogP contribution in [0.4, 0.5) is 0 Å². The molecule has 0 aliphatic rings. The van der Waals surface area contributed by atoms with Crippen molar-refractivity contribution in [3.63, 3.8) is 0 Å². The van der Waals surface area contributed by atoms with Crippen LogP contribution in [-0.4, -0.2) is 24.6 Å². The van der Waals surface area contributed by atoms with Gasteiger partial charge in [-0.3, -0.25) is 9.78 Å². The van der Waals surface area contributed by atoms with Gasteiger partial charge in [-0.05, 0) is 42.3 Å². The molecule has 24 heavy (non-hydrogen) atoms. The average Bonchev–Trinajstić information content (AvgIpc) is 2.59. The average molecular weight is 347 g/mol. The number of pyridine rings is 1. The molecular formula is C18H19ClN2O3. The summed E-state index contributed by atoms with van der Waals surface area (Å²) in [6, 6.07) is 7.22. The first-order valence-electron chi connectivity index (χ1n) is 7.49. The van der Waals surface area contributed by atoms with Crippen LogP contribution in [0.3, 0.4) is 0 Å². The van der Waals surface area contributed by atoms with Crippen molar-refractivity contribution in [2.24, 2.45) is 0 Å². The van der Waals surface area contributed by atoms with Crippen molar-refractivity contribution < 1.29 is 14.3 Å². The molecule has 5 nitrogen and oxygen atoms in total. The third-order valence-corrected chi connectivity index (χ3v) is 3.43. The summed E-state index contributed by atoms with van der Waals surface area (Å²) in [6.07, 6.45) is 6.52. The van der Waals surface area contributed by atoms with Gasteiger partial charge in [0.25, 0.3) is 0 Å². The molecule has 0 aliphatic carbocycles. The zero-order valence-electron chi connectivity index (χ0n) is 13.6. The molecule has 1 amide bonds. The molecule has 0 bridgehead atoms. The topological polar surface area (TPSA) is 60.5 Å². The highest BCUT2D eigenvalue weighted by Gasteiger charge is 2.10. The molecule has 0 fully saturated rings. The van der Waals surface area contributed by atoms with Gasteiger partial charge in [-0.1, -0.05) is 17.7 Å². The lowest BCUT2D eigenvalue weighted by atomic mass is 10.2. The number of rotatable bonds is 7. The van der Waals surface area contributed by atoms with Crippen LogP contribution in [0.1, 0.15) is 18.1 Å². The van der Waals surface area contributed by atoms with E-state index in [1.165, 1.54) is 13.2 Å². The number of carbonyl (C=O) groups is 1. The Bertz CT molecular complexity index is 718. The minimum absolute atomic E-state index is 0.205. The summed E-state index contributed by atoms with van der Waals surface area (Å²) in [5.74, 6) is 0.823. The van der Waals surface area contributed by atoms with Crippen molar-refractivity contribution in [2.75, 3.05) is 13.7 Å². The van der Waals surface area contributed by atoms with Crippen molar-refractivity contribution in [3.05, 3.63) is 58.9 Å². The highest BCUT2D eigenvalue weighted by Crippen LogP contribution is 2.36. The minimum Gasteiger partial charge on any atom is -0.491 e. The highest BCUT2D eigenvalue weighted by atomic mass is 35.5. The van der Waals surface area contributed by atoms with Crippen molar-refractivity contribution in [1.29, 1.82) is 0 Å². The molecule has 0 spiro atoms. The van der Waals surface area contributed by atoms with E-state index in [-0.39, 0.29) is 5.91 Å². The van der Waals surface area contributed by atoms with Crippen LogP contribution in [0.15, 0.2) is 42.7 Å². The number of hydrogen-bond donors (Lipinski definition) is 1. The van der Waals surface area contributed by atoms with E-state index in [4.69, 9.17) is 21.1 Å². The van der Waals surface area contributed by atoms with Gasteiger partial charge in [0.05, 0.1) is 18.7 Å². The maximum atomic E-state index is 11.9. The largest absolute Gasteiger partial charge is 0.491 e. The molecule has 0 radical (unpaired) electrons. The molecule has 0 aliphatic heterocycles. The molecule has 0 saturated carbocycles. The van der Waals surface area contributed by atoms with Crippen LogP contribution in [0, 0.1) is 0 Å². The van der Waals surface area contributed by atoms with Gasteiger partial charge in [0.15, 0.2) is 11.5 Å². The molecular weight excluding hydrogens is 328 g/mol. The van der Waals surface area contributed by atoms with Gasteiger partial charge in [-0.15, -0.1) is 0 Å². The van der Waals surface area contributed by atoms with Gasteiger partial charge in [-0.2, -0.15) is 0 Å². The second kappa shape index (κ2) is 8.93. The van der Waals surface area contributed by atoms with Crippen molar-refractivity contribution in [3.8, 4) is 11.5 Å². The van der Waals surface area contributed by atoms with E-state index in [1.54, 1.807) is 30.6 Å². The summed E-state index contributed by atoms with van der Waals surface area (Å²) >= 11 is 6.18. The first-order valence-corrected chi connectivity index (χ1v) is 7.87. The maximum absolute atomic E-state index is 11.9. The highest BCUT2D eigenvalue weighted by molar-refractivity contribution is 6.32. The zero-order chi connectivity index (χ0) is 17.4. The van der Waals surface area contributed by atoms with Gasteiger partial charge < -0.3 is 14.8 Å². The van der Waals surface area contributed by atoms with E-state index >= 15 is 0 Å². The SMILES string of the molecule is CCOc1cc(/C=C/C(=O)NCc2cccnc2)cc(Cl)c1OC. The normalized spacial score (nSPS) is 10.6. The Morgan fingerprint density at radius 3 is 2.92 bits per heavy atom. The lowest BCUT2D eigenvalue weighted by molar-refractivity contribution is -0.116. The van der Waals surface area contributed by atoms with Crippen LogP contribution in [0.2, 0.25) is 5.02 Å². The molecule has 6 heteroatoms. The Morgan fingerprint density at radius 2 is 2.25 bits per heavy atom. The molecule has 2 aromatic rings. The number of ether oxygens (including phenoxy) is 2. The van der Waals surface area contributed by atoms with E-state index in [1.807, 2.05) is 19.1 Å². The van der Waals surface area contributed by atoms with Crippen LogP contribution < -0.4 is 14.8 Å². The fourth-order valence-electron chi connectivity index (χ4n) is 2.07. The molecule has 1 N–H and O–H groups in total. The number of methoxy groups -OCH3 is 1. The van der Waals surface area contributed by atoms with Crippen molar-refractivity contribution in [1.82, 2.24) is 10.3 Å². The van der Waals surface area contributed by atoms with Crippen molar-refractivity contribution >= 4 is 23.6 Å². The summed E-state index contributed by atoms with van der Waals surface area (Å²) in [7, 11) is 1.53. The van der Waals surface area contributed by atoms with Gasteiger partial charge >= 0.3 is 0 Å². The van der Waals surface area contributed by atoms with Crippen LogP contribution in [0.25, 0.3) is 6.08 Å². The van der Waals surface area contributed by atoms with Crippen LogP contribution >= 0.6 is 11.6 Å². The zero-order valence-corrected chi connectivity index (χ0v) is 14.3. The summed E-state index contributed by atoms with van der Waals surface area (Å²) in [5.41, 5.74) is 1.69.